The summed E-state index contributed by atoms with van der Waals surface area (Å²) in [6, 6.07) is 2.43. The minimum Gasteiger partial charge on any atom is -0.488 e. The van der Waals surface area contributed by atoms with E-state index in [2.05, 4.69) is 28.6 Å². The van der Waals surface area contributed by atoms with Gasteiger partial charge in [0, 0.05) is 38.4 Å². The maximum absolute atomic E-state index is 12.6. The van der Waals surface area contributed by atoms with Crippen LogP contribution in [-0.4, -0.2) is 72.6 Å². The molecule has 0 aliphatic carbocycles. The minimum absolute atomic E-state index is 0.147. The van der Waals surface area contributed by atoms with E-state index < -0.39 is 0 Å². The van der Waals surface area contributed by atoms with Crippen LogP contribution >= 0.6 is 0 Å². The van der Waals surface area contributed by atoms with Gasteiger partial charge in [-0.15, -0.1) is 0 Å². The van der Waals surface area contributed by atoms with E-state index in [-0.39, 0.29) is 5.91 Å². The van der Waals surface area contributed by atoms with Crippen molar-refractivity contribution >= 4 is 11.6 Å². The number of piperazine rings is 1. The molecule has 6 heteroatoms. The lowest BCUT2D eigenvalue weighted by Crippen LogP contribution is -2.52. The van der Waals surface area contributed by atoms with Crippen LogP contribution in [0.3, 0.4) is 0 Å². The third-order valence-electron chi connectivity index (χ3n) is 4.42. The lowest BCUT2D eigenvalue weighted by Gasteiger charge is -2.37. The lowest BCUT2D eigenvalue weighted by atomic mass is 10.2. The van der Waals surface area contributed by atoms with Gasteiger partial charge in [0.05, 0.1) is 25.0 Å². The van der Waals surface area contributed by atoms with E-state index in [0.29, 0.717) is 31.5 Å². The van der Waals surface area contributed by atoms with Gasteiger partial charge >= 0.3 is 0 Å². The van der Waals surface area contributed by atoms with Gasteiger partial charge in [-0.2, -0.15) is 0 Å². The molecular weight excluding hydrogens is 280 g/mol. The van der Waals surface area contributed by atoms with Gasteiger partial charge < -0.3 is 9.64 Å². The average molecular weight is 304 g/mol. The van der Waals surface area contributed by atoms with Crippen LogP contribution in [0.4, 0.5) is 5.69 Å². The topological polar surface area (TPSA) is 48.9 Å². The summed E-state index contributed by atoms with van der Waals surface area (Å²) in [5.41, 5.74) is 0.840. The molecule has 3 rings (SSSR count). The van der Waals surface area contributed by atoms with Crippen molar-refractivity contribution in [2.75, 3.05) is 50.8 Å². The van der Waals surface area contributed by atoms with Crippen LogP contribution in [0.25, 0.3) is 0 Å². The van der Waals surface area contributed by atoms with Gasteiger partial charge in [-0.05, 0) is 19.9 Å². The first-order chi connectivity index (χ1) is 10.6. The predicted octanol–water partition coefficient (Wildman–Crippen LogP) is 0.833. The van der Waals surface area contributed by atoms with Crippen LogP contribution in [0.5, 0.6) is 5.75 Å². The largest absolute Gasteiger partial charge is 0.488 e. The summed E-state index contributed by atoms with van der Waals surface area (Å²) in [5.74, 6) is 0.848. The van der Waals surface area contributed by atoms with Crippen LogP contribution in [0, 0.1) is 0 Å². The molecule has 1 saturated heterocycles. The van der Waals surface area contributed by atoms with Crippen molar-refractivity contribution in [3.05, 3.63) is 18.5 Å². The molecule has 22 heavy (non-hydrogen) atoms. The third kappa shape index (κ3) is 3.23. The fraction of sp³-hybridized carbons (Fsp3) is 0.625. The Morgan fingerprint density at radius 2 is 2.05 bits per heavy atom. The molecule has 0 bridgehead atoms. The maximum Gasteiger partial charge on any atom is 0.241 e. The number of nitrogens with zero attached hydrogens (tertiary/aromatic N) is 4. The monoisotopic (exact) mass is 304 g/mol. The second-order valence-electron chi connectivity index (χ2n) is 6.14. The highest BCUT2D eigenvalue weighted by Gasteiger charge is 2.26. The summed E-state index contributed by atoms with van der Waals surface area (Å²) < 4.78 is 5.56. The molecule has 1 aromatic heterocycles. The van der Waals surface area contributed by atoms with Gasteiger partial charge in [0.15, 0.2) is 5.75 Å². The van der Waals surface area contributed by atoms with E-state index in [4.69, 9.17) is 4.74 Å². The Hall–Kier alpha value is -1.66. The Morgan fingerprint density at radius 1 is 1.27 bits per heavy atom. The maximum atomic E-state index is 12.6. The third-order valence-corrected chi connectivity index (χ3v) is 4.42. The molecule has 120 valence electrons. The van der Waals surface area contributed by atoms with E-state index in [1.807, 2.05) is 11.0 Å². The number of hydrogen-bond donors (Lipinski definition) is 0. The Morgan fingerprint density at radius 3 is 2.77 bits per heavy atom. The number of carbonyl (C=O) groups excluding carboxylic acids is 1. The number of rotatable bonds is 3. The molecule has 1 fully saturated rings. The van der Waals surface area contributed by atoms with Crippen molar-refractivity contribution in [2.45, 2.75) is 19.9 Å². The zero-order chi connectivity index (χ0) is 15.5. The standard InChI is InChI=1S/C16H24N4O2/c1-13(2)19-7-5-18(6-8-19)12-16(21)20-9-10-22-15-11-17-4-3-14(15)20/h3-4,11,13H,5-10,12H2,1-2H3. The first-order valence-electron chi connectivity index (χ1n) is 7.99. The number of fused-ring (bicyclic) bond motifs is 1. The number of pyridine rings is 1. The normalized spacial score (nSPS) is 19.9. The molecule has 0 saturated carbocycles. The Labute approximate surface area is 131 Å². The second-order valence-corrected chi connectivity index (χ2v) is 6.14. The van der Waals surface area contributed by atoms with Crippen molar-refractivity contribution in [3.8, 4) is 5.75 Å². The second kappa shape index (κ2) is 6.62. The van der Waals surface area contributed by atoms with E-state index in [9.17, 15) is 4.79 Å². The lowest BCUT2D eigenvalue weighted by molar-refractivity contribution is -0.120. The van der Waals surface area contributed by atoms with Crippen LogP contribution in [0.15, 0.2) is 18.5 Å². The van der Waals surface area contributed by atoms with Gasteiger partial charge in [0.25, 0.3) is 0 Å². The number of carbonyl (C=O) groups is 1. The van der Waals surface area contributed by atoms with Gasteiger partial charge in [-0.25, -0.2) is 0 Å². The number of aromatic nitrogens is 1. The zero-order valence-electron chi connectivity index (χ0n) is 13.4. The average Bonchev–Trinajstić information content (AvgIpc) is 2.54. The van der Waals surface area contributed by atoms with Crippen LogP contribution in [0.1, 0.15) is 13.8 Å². The molecule has 2 aliphatic heterocycles. The summed E-state index contributed by atoms with van der Waals surface area (Å²) in [4.78, 5) is 23.2. The van der Waals surface area contributed by atoms with Crippen molar-refractivity contribution in [2.24, 2.45) is 0 Å². The minimum atomic E-state index is 0.147. The van der Waals surface area contributed by atoms with Gasteiger partial charge in [-0.1, -0.05) is 0 Å². The summed E-state index contributed by atoms with van der Waals surface area (Å²) in [6.45, 7) is 10.1. The SMILES string of the molecule is CC(C)N1CCN(CC(=O)N2CCOc3cnccc32)CC1. The van der Waals surface area contributed by atoms with Crippen molar-refractivity contribution in [1.29, 1.82) is 0 Å². The predicted molar refractivity (Wildman–Crippen MR) is 85.2 cm³/mol. The smallest absolute Gasteiger partial charge is 0.241 e. The highest BCUT2D eigenvalue weighted by atomic mass is 16.5. The number of anilines is 1. The van der Waals surface area contributed by atoms with Crippen LogP contribution < -0.4 is 9.64 Å². The molecule has 0 atom stereocenters. The summed E-state index contributed by atoms with van der Waals surface area (Å²) in [6.07, 6.45) is 3.38. The molecule has 1 aromatic rings. The molecule has 3 heterocycles. The van der Waals surface area contributed by atoms with E-state index in [1.165, 1.54) is 0 Å². The van der Waals surface area contributed by atoms with Crippen molar-refractivity contribution < 1.29 is 9.53 Å². The molecule has 1 amide bonds. The van der Waals surface area contributed by atoms with Crippen LogP contribution in [-0.2, 0) is 4.79 Å². The first kappa shape index (κ1) is 15.2. The highest BCUT2D eigenvalue weighted by molar-refractivity contribution is 5.96. The quantitative estimate of drug-likeness (QED) is 0.828. The molecular formula is C16H24N4O2. The molecule has 6 nitrogen and oxygen atoms in total. The fourth-order valence-electron chi connectivity index (χ4n) is 3.05. The molecule has 0 unspecified atom stereocenters. The Bertz CT molecular complexity index is 527. The van der Waals surface area contributed by atoms with E-state index >= 15 is 0 Å². The molecule has 0 spiro atoms. The first-order valence-corrected chi connectivity index (χ1v) is 7.99. The number of hydrogen-bond acceptors (Lipinski definition) is 5. The number of amides is 1. The van der Waals surface area contributed by atoms with Gasteiger partial charge in [0.1, 0.15) is 6.61 Å². The Balaban J connectivity index is 1.60. The summed E-state index contributed by atoms with van der Waals surface area (Å²) >= 11 is 0. The Kier molecular flexibility index (Phi) is 4.59. The highest BCUT2D eigenvalue weighted by Crippen LogP contribution is 2.30. The fourth-order valence-corrected chi connectivity index (χ4v) is 3.05. The van der Waals surface area contributed by atoms with Crippen molar-refractivity contribution in [1.82, 2.24) is 14.8 Å². The van der Waals surface area contributed by atoms with Crippen LogP contribution in [0.2, 0.25) is 0 Å². The van der Waals surface area contributed by atoms with Gasteiger partial charge in [-0.3, -0.25) is 19.6 Å². The molecule has 2 aliphatic rings. The molecule has 0 radical (unpaired) electrons. The zero-order valence-corrected chi connectivity index (χ0v) is 13.4. The molecule has 0 N–H and O–H groups in total. The van der Waals surface area contributed by atoms with Crippen molar-refractivity contribution in [3.63, 3.8) is 0 Å². The number of ether oxygens (including phenoxy) is 1. The van der Waals surface area contributed by atoms with Gasteiger partial charge in [0.2, 0.25) is 5.91 Å². The van der Waals surface area contributed by atoms with E-state index in [1.54, 1.807) is 12.4 Å². The summed E-state index contributed by atoms with van der Waals surface area (Å²) in [5, 5.41) is 0. The van der Waals surface area contributed by atoms with E-state index in [0.717, 1.165) is 31.9 Å². The molecule has 0 aromatic carbocycles. The summed E-state index contributed by atoms with van der Waals surface area (Å²) in [7, 11) is 0.